The average molecular weight is 366 g/mol. The highest BCUT2D eigenvalue weighted by Crippen LogP contribution is 2.27. The Morgan fingerprint density at radius 2 is 2.29 bits per heavy atom. The van der Waals surface area contributed by atoms with Gasteiger partial charge in [0.05, 0.1) is 0 Å². The number of halogens is 2. The largest absolute Gasteiger partial charge is 0.324 e. The van der Waals surface area contributed by atoms with Crippen molar-refractivity contribution in [2.75, 3.05) is 0 Å². The van der Waals surface area contributed by atoms with Crippen LogP contribution in [0.25, 0.3) is 0 Å². The van der Waals surface area contributed by atoms with Crippen LogP contribution in [0, 0.1) is 3.57 Å². The van der Waals surface area contributed by atoms with Crippen molar-refractivity contribution in [3.05, 3.63) is 44.0 Å². The zero-order valence-corrected chi connectivity index (χ0v) is 11.8. The lowest BCUT2D eigenvalue weighted by atomic mass is 10.0. The van der Waals surface area contributed by atoms with E-state index in [1.807, 2.05) is 13.0 Å². The second-order valence-corrected chi connectivity index (χ2v) is 5.53. The van der Waals surface area contributed by atoms with Gasteiger partial charge in [-0.05, 0) is 59.7 Å². The fourth-order valence-corrected chi connectivity index (χ4v) is 2.34. The Kier molecular flexibility index (Phi) is 4.60. The molecule has 1 atom stereocenters. The molecule has 1 unspecified atom stereocenters. The Labute approximate surface area is 107 Å². The van der Waals surface area contributed by atoms with E-state index in [0.717, 1.165) is 22.0 Å². The maximum absolute atomic E-state index is 6.07. The normalized spacial score (nSPS) is 12.6. The molecule has 0 heterocycles. The highest BCUT2D eigenvalue weighted by atomic mass is 127. The Bertz CT molecular complexity index is 349. The molecule has 1 aromatic rings. The third-order valence-electron chi connectivity index (χ3n) is 1.93. The van der Waals surface area contributed by atoms with Crippen LogP contribution in [-0.2, 0) is 0 Å². The number of hydrogen-bond acceptors (Lipinski definition) is 1. The van der Waals surface area contributed by atoms with Crippen LogP contribution in [0.15, 0.2) is 34.8 Å². The van der Waals surface area contributed by atoms with Gasteiger partial charge in [0.25, 0.3) is 0 Å². The van der Waals surface area contributed by atoms with Crippen LogP contribution in [0.1, 0.15) is 24.9 Å². The van der Waals surface area contributed by atoms with Crippen molar-refractivity contribution in [3.8, 4) is 0 Å². The van der Waals surface area contributed by atoms with Gasteiger partial charge >= 0.3 is 0 Å². The van der Waals surface area contributed by atoms with Crippen LogP contribution >= 0.6 is 38.5 Å². The molecular formula is C11H13BrIN. The van der Waals surface area contributed by atoms with E-state index in [9.17, 15) is 0 Å². The zero-order valence-electron chi connectivity index (χ0n) is 8.06. The number of rotatable bonds is 3. The van der Waals surface area contributed by atoms with Crippen LogP contribution in [0.4, 0.5) is 0 Å². The first-order valence-corrected chi connectivity index (χ1v) is 6.23. The van der Waals surface area contributed by atoms with Crippen molar-refractivity contribution in [1.29, 1.82) is 0 Å². The predicted molar refractivity (Wildman–Crippen MR) is 73.2 cm³/mol. The topological polar surface area (TPSA) is 26.0 Å². The van der Waals surface area contributed by atoms with Gasteiger partial charge in [0.1, 0.15) is 0 Å². The van der Waals surface area contributed by atoms with Gasteiger partial charge in [0, 0.05) is 14.1 Å². The summed E-state index contributed by atoms with van der Waals surface area (Å²) in [4.78, 5) is 0. The van der Waals surface area contributed by atoms with Crippen LogP contribution in [0.2, 0.25) is 0 Å². The highest BCUT2D eigenvalue weighted by molar-refractivity contribution is 14.1. The van der Waals surface area contributed by atoms with Crippen molar-refractivity contribution < 1.29 is 0 Å². The monoisotopic (exact) mass is 365 g/mol. The van der Waals surface area contributed by atoms with Crippen molar-refractivity contribution >= 4 is 38.5 Å². The quantitative estimate of drug-likeness (QED) is 0.635. The molecule has 1 aromatic carbocycles. The lowest BCUT2D eigenvalue weighted by Gasteiger charge is -2.14. The second kappa shape index (κ2) is 5.28. The fraction of sp³-hybridized carbons (Fsp3) is 0.273. The van der Waals surface area contributed by atoms with E-state index < -0.39 is 0 Å². The third kappa shape index (κ3) is 3.37. The van der Waals surface area contributed by atoms with Crippen LogP contribution in [0.5, 0.6) is 0 Å². The predicted octanol–water partition coefficient (Wildman–Crippen LogP) is 4.02. The van der Waals surface area contributed by atoms with E-state index >= 15 is 0 Å². The molecule has 0 saturated carbocycles. The first-order chi connectivity index (χ1) is 6.50. The van der Waals surface area contributed by atoms with E-state index in [4.69, 9.17) is 5.73 Å². The van der Waals surface area contributed by atoms with Crippen molar-refractivity contribution in [2.45, 2.75) is 19.4 Å². The molecular weight excluding hydrogens is 353 g/mol. The number of benzene rings is 1. The SMILES string of the molecule is C=C(C)CC(N)c1cc(I)ccc1Br. The van der Waals surface area contributed by atoms with Gasteiger partial charge in [-0.1, -0.05) is 21.5 Å². The first-order valence-electron chi connectivity index (χ1n) is 4.35. The summed E-state index contributed by atoms with van der Waals surface area (Å²) in [6, 6.07) is 6.24. The van der Waals surface area contributed by atoms with Gasteiger partial charge in [-0.25, -0.2) is 0 Å². The summed E-state index contributed by atoms with van der Waals surface area (Å²) in [6.07, 6.45) is 0.832. The smallest absolute Gasteiger partial charge is 0.0343 e. The molecule has 0 aliphatic carbocycles. The summed E-state index contributed by atoms with van der Waals surface area (Å²) < 4.78 is 2.28. The van der Waals surface area contributed by atoms with Gasteiger partial charge in [0.15, 0.2) is 0 Å². The third-order valence-corrected chi connectivity index (χ3v) is 3.32. The lowest BCUT2D eigenvalue weighted by Crippen LogP contribution is -2.11. The van der Waals surface area contributed by atoms with Gasteiger partial charge in [0.2, 0.25) is 0 Å². The lowest BCUT2D eigenvalue weighted by molar-refractivity contribution is 0.713. The molecule has 0 aliphatic heterocycles. The molecule has 0 aromatic heterocycles. The fourth-order valence-electron chi connectivity index (χ4n) is 1.28. The van der Waals surface area contributed by atoms with E-state index in [1.54, 1.807) is 0 Å². The first kappa shape index (κ1) is 12.2. The van der Waals surface area contributed by atoms with E-state index in [0.29, 0.717) is 0 Å². The molecule has 2 N–H and O–H groups in total. The summed E-state index contributed by atoms with van der Waals surface area (Å²) in [6.45, 7) is 5.88. The summed E-state index contributed by atoms with van der Waals surface area (Å²) >= 11 is 5.80. The summed E-state index contributed by atoms with van der Waals surface area (Å²) in [5.74, 6) is 0. The van der Waals surface area contributed by atoms with Crippen molar-refractivity contribution in [2.24, 2.45) is 5.73 Å². The van der Waals surface area contributed by atoms with E-state index in [1.165, 1.54) is 3.57 Å². The molecule has 0 spiro atoms. The zero-order chi connectivity index (χ0) is 10.7. The average Bonchev–Trinajstić information content (AvgIpc) is 2.08. The molecule has 0 aliphatic rings. The maximum Gasteiger partial charge on any atom is 0.0343 e. The molecule has 0 saturated heterocycles. The molecule has 3 heteroatoms. The van der Waals surface area contributed by atoms with Crippen molar-refractivity contribution in [1.82, 2.24) is 0 Å². The Balaban J connectivity index is 2.93. The van der Waals surface area contributed by atoms with Crippen LogP contribution in [-0.4, -0.2) is 0 Å². The minimum absolute atomic E-state index is 0.0385. The van der Waals surface area contributed by atoms with Gasteiger partial charge in [-0.3, -0.25) is 0 Å². The minimum Gasteiger partial charge on any atom is -0.324 e. The molecule has 0 bridgehead atoms. The summed E-state index contributed by atoms with van der Waals surface area (Å²) in [7, 11) is 0. The molecule has 0 radical (unpaired) electrons. The number of hydrogen-bond donors (Lipinski definition) is 1. The minimum atomic E-state index is 0.0385. The number of nitrogens with two attached hydrogens (primary N) is 1. The van der Waals surface area contributed by atoms with Gasteiger partial charge in [-0.2, -0.15) is 0 Å². The van der Waals surface area contributed by atoms with E-state index in [2.05, 4.69) is 57.2 Å². The molecule has 76 valence electrons. The summed E-state index contributed by atoms with van der Waals surface area (Å²) in [5.41, 5.74) is 8.34. The van der Waals surface area contributed by atoms with Crippen LogP contribution < -0.4 is 5.73 Å². The Hall–Kier alpha value is 0.130. The molecule has 14 heavy (non-hydrogen) atoms. The Morgan fingerprint density at radius 3 is 2.86 bits per heavy atom. The molecule has 1 rings (SSSR count). The van der Waals surface area contributed by atoms with Gasteiger partial charge < -0.3 is 5.73 Å². The maximum atomic E-state index is 6.07. The molecule has 0 fully saturated rings. The molecule has 1 nitrogen and oxygen atoms in total. The van der Waals surface area contributed by atoms with Gasteiger partial charge in [-0.15, -0.1) is 6.58 Å². The highest BCUT2D eigenvalue weighted by Gasteiger charge is 2.10. The van der Waals surface area contributed by atoms with Crippen molar-refractivity contribution in [3.63, 3.8) is 0 Å². The van der Waals surface area contributed by atoms with E-state index in [-0.39, 0.29) is 6.04 Å². The Morgan fingerprint density at radius 1 is 1.64 bits per heavy atom. The second-order valence-electron chi connectivity index (χ2n) is 3.43. The van der Waals surface area contributed by atoms with Crippen LogP contribution in [0.3, 0.4) is 0 Å². The summed E-state index contributed by atoms with van der Waals surface area (Å²) in [5, 5.41) is 0. The molecule has 0 amide bonds. The standard InChI is InChI=1S/C11H13BrIN/c1-7(2)5-11(14)9-6-8(13)3-4-10(9)12/h3-4,6,11H,1,5,14H2,2H3.